The summed E-state index contributed by atoms with van der Waals surface area (Å²) < 4.78 is 6.18. The van der Waals surface area contributed by atoms with E-state index >= 15 is 0 Å². The number of hydrogen-bond acceptors (Lipinski definition) is 5. The Morgan fingerprint density at radius 2 is 2.30 bits per heavy atom. The van der Waals surface area contributed by atoms with E-state index in [9.17, 15) is 9.59 Å². The average molecular weight is 331 g/mol. The maximum Gasteiger partial charge on any atom is 0.305 e. The number of hydrogen-bond donors (Lipinski definition) is 2. The highest BCUT2D eigenvalue weighted by atomic mass is 32.1. The first-order chi connectivity index (χ1) is 11.2. The van der Waals surface area contributed by atoms with Gasteiger partial charge >= 0.3 is 4.87 Å². The van der Waals surface area contributed by atoms with E-state index in [1.807, 2.05) is 0 Å². The van der Waals surface area contributed by atoms with Gasteiger partial charge in [0.1, 0.15) is 5.69 Å². The Kier molecular flexibility index (Phi) is 3.54. The molecule has 2 fully saturated rings. The fraction of sp³-hybridized carbons (Fsp3) is 0.438. The van der Waals surface area contributed by atoms with Gasteiger partial charge in [-0.15, -0.1) is 0 Å². The molecule has 1 spiro atoms. The van der Waals surface area contributed by atoms with Crippen molar-refractivity contribution in [2.24, 2.45) is 0 Å². The molecule has 1 unspecified atom stereocenters. The monoisotopic (exact) mass is 331 g/mol. The second-order valence-corrected chi connectivity index (χ2v) is 7.15. The number of anilines is 1. The van der Waals surface area contributed by atoms with E-state index in [1.54, 1.807) is 24.5 Å². The summed E-state index contributed by atoms with van der Waals surface area (Å²) in [6.45, 7) is 0. The molecule has 2 aromatic rings. The smallest absolute Gasteiger partial charge is 0.305 e. The minimum Gasteiger partial charge on any atom is -0.366 e. The Labute approximate surface area is 136 Å². The number of aromatic amines is 1. The van der Waals surface area contributed by atoms with Crippen LogP contribution in [-0.4, -0.2) is 21.5 Å². The van der Waals surface area contributed by atoms with Gasteiger partial charge in [0.05, 0.1) is 28.5 Å². The first-order valence-electron chi connectivity index (χ1n) is 7.77. The summed E-state index contributed by atoms with van der Waals surface area (Å²) in [4.78, 5) is 31.4. The second-order valence-electron chi connectivity index (χ2n) is 6.13. The molecule has 2 aromatic heterocycles. The lowest BCUT2D eigenvalue weighted by Crippen LogP contribution is -2.25. The van der Waals surface area contributed by atoms with Gasteiger partial charge in [-0.25, -0.2) is 0 Å². The highest BCUT2D eigenvalue weighted by molar-refractivity contribution is 7.09. The number of amides is 1. The van der Waals surface area contributed by atoms with Crippen LogP contribution in [0.4, 0.5) is 5.69 Å². The molecule has 0 radical (unpaired) electrons. The number of rotatable bonds is 3. The van der Waals surface area contributed by atoms with Crippen molar-refractivity contribution in [3.8, 4) is 0 Å². The van der Waals surface area contributed by atoms with E-state index in [0.29, 0.717) is 16.3 Å². The number of carbonyl (C=O) groups excluding carboxylic acids is 1. The van der Waals surface area contributed by atoms with Crippen LogP contribution in [0.25, 0.3) is 0 Å². The third-order valence-corrected chi connectivity index (χ3v) is 5.39. The predicted molar refractivity (Wildman–Crippen MR) is 86.8 cm³/mol. The fourth-order valence-electron chi connectivity index (χ4n) is 3.09. The molecule has 1 amide bonds. The lowest BCUT2D eigenvalue weighted by atomic mass is 10.0. The summed E-state index contributed by atoms with van der Waals surface area (Å²) in [6.07, 6.45) is 8.21. The average Bonchev–Trinajstić information content (AvgIpc) is 3.17. The minimum absolute atomic E-state index is 0.00699. The first kappa shape index (κ1) is 14.6. The lowest BCUT2D eigenvalue weighted by molar-refractivity contribution is -0.0678. The van der Waals surface area contributed by atoms with Crippen LogP contribution < -0.4 is 10.2 Å². The number of ether oxygens (including phenoxy) is 1. The van der Waals surface area contributed by atoms with Crippen LogP contribution in [0.15, 0.2) is 29.3 Å². The predicted octanol–water partition coefficient (Wildman–Crippen LogP) is 2.86. The van der Waals surface area contributed by atoms with Crippen molar-refractivity contribution >= 4 is 22.9 Å². The zero-order valence-electron chi connectivity index (χ0n) is 12.5. The van der Waals surface area contributed by atoms with Crippen molar-refractivity contribution in [3.63, 3.8) is 0 Å². The largest absolute Gasteiger partial charge is 0.366 e. The highest BCUT2D eigenvalue weighted by Crippen LogP contribution is 2.52. The Balaban J connectivity index is 1.59. The van der Waals surface area contributed by atoms with E-state index in [1.165, 1.54) is 0 Å². The molecule has 1 aliphatic heterocycles. The highest BCUT2D eigenvalue weighted by Gasteiger charge is 2.48. The normalized spacial score (nSPS) is 22.0. The van der Waals surface area contributed by atoms with Crippen LogP contribution in [0.3, 0.4) is 0 Å². The topological polar surface area (TPSA) is 84.1 Å². The van der Waals surface area contributed by atoms with E-state index in [0.717, 1.165) is 43.4 Å². The summed E-state index contributed by atoms with van der Waals surface area (Å²) in [5, 5.41) is 2.77. The maximum absolute atomic E-state index is 12.5. The summed E-state index contributed by atoms with van der Waals surface area (Å²) in [5.74, 6) is -0.328. The van der Waals surface area contributed by atoms with Crippen LogP contribution in [0.2, 0.25) is 0 Å². The lowest BCUT2D eigenvalue weighted by Gasteiger charge is -2.29. The number of pyridine rings is 1. The van der Waals surface area contributed by atoms with Crippen molar-refractivity contribution in [1.82, 2.24) is 9.97 Å². The Morgan fingerprint density at radius 3 is 3.04 bits per heavy atom. The number of carbonyl (C=O) groups is 1. The van der Waals surface area contributed by atoms with E-state index in [-0.39, 0.29) is 22.5 Å². The van der Waals surface area contributed by atoms with Crippen molar-refractivity contribution in [3.05, 3.63) is 44.8 Å². The molecule has 2 N–H and O–H groups in total. The van der Waals surface area contributed by atoms with Crippen LogP contribution in [0.1, 0.15) is 53.6 Å². The molecule has 0 bridgehead atoms. The minimum atomic E-state index is -0.328. The van der Waals surface area contributed by atoms with E-state index in [4.69, 9.17) is 4.74 Å². The van der Waals surface area contributed by atoms with Crippen LogP contribution >= 0.6 is 11.3 Å². The molecule has 1 saturated carbocycles. The Bertz CT molecular complexity index is 779. The zero-order valence-corrected chi connectivity index (χ0v) is 13.3. The van der Waals surface area contributed by atoms with Gasteiger partial charge in [-0.05, 0) is 44.2 Å². The third kappa shape index (κ3) is 2.94. The molecular weight excluding hydrogens is 314 g/mol. The zero-order chi connectivity index (χ0) is 15.9. The van der Waals surface area contributed by atoms with Crippen molar-refractivity contribution in [2.45, 2.75) is 43.8 Å². The molecule has 1 atom stereocenters. The van der Waals surface area contributed by atoms with Crippen LogP contribution in [0.5, 0.6) is 0 Å². The maximum atomic E-state index is 12.5. The number of nitrogens with one attached hydrogen (secondary N) is 2. The number of H-pyrrole nitrogens is 1. The SMILES string of the molecule is O=C(Nc1cccnc1)c1[nH]c(=O)sc1C1CCCC2(CC2)O1. The van der Waals surface area contributed by atoms with Crippen molar-refractivity contribution in [1.29, 1.82) is 0 Å². The number of aromatic nitrogens is 2. The number of thiazole rings is 1. The molecule has 23 heavy (non-hydrogen) atoms. The van der Waals surface area contributed by atoms with Crippen molar-refractivity contribution < 1.29 is 9.53 Å². The van der Waals surface area contributed by atoms with Crippen LogP contribution in [-0.2, 0) is 4.74 Å². The summed E-state index contributed by atoms with van der Waals surface area (Å²) in [7, 11) is 0. The summed E-state index contributed by atoms with van der Waals surface area (Å²) in [5.41, 5.74) is 0.915. The van der Waals surface area contributed by atoms with Crippen molar-refractivity contribution in [2.75, 3.05) is 5.32 Å². The first-order valence-corrected chi connectivity index (χ1v) is 8.59. The molecule has 1 saturated heterocycles. The fourth-order valence-corrected chi connectivity index (χ4v) is 3.98. The van der Waals surface area contributed by atoms with Gasteiger partial charge in [-0.2, -0.15) is 0 Å². The molecule has 3 heterocycles. The van der Waals surface area contributed by atoms with Gasteiger partial charge in [-0.3, -0.25) is 14.6 Å². The summed E-state index contributed by atoms with van der Waals surface area (Å²) >= 11 is 1.08. The molecule has 0 aromatic carbocycles. The van der Waals surface area contributed by atoms with Crippen LogP contribution in [0, 0.1) is 0 Å². The molecule has 1 aliphatic carbocycles. The van der Waals surface area contributed by atoms with Gasteiger partial charge in [0.2, 0.25) is 0 Å². The summed E-state index contributed by atoms with van der Waals surface area (Å²) in [6, 6.07) is 3.50. The van der Waals surface area contributed by atoms with E-state index < -0.39 is 0 Å². The molecular formula is C16H17N3O3S. The third-order valence-electron chi connectivity index (χ3n) is 4.41. The molecule has 7 heteroatoms. The van der Waals surface area contributed by atoms with E-state index in [2.05, 4.69) is 15.3 Å². The molecule has 4 rings (SSSR count). The quantitative estimate of drug-likeness (QED) is 0.906. The van der Waals surface area contributed by atoms with Gasteiger partial charge in [-0.1, -0.05) is 11.3 Å². The molecule has 6 nitrogen and oxygen atoms in total. The van der Waals surface area contributed by atoms with Gasteiger partial charge in [0, 0.05) is 6.20 Å². The van der Waals surface area contributed by atoms with Gasteiger partial charge < -0.3 is 15.0 Å². The Morgan fingerprint density at radius 1 is 1.43 bits per heavy atom. The van der Waals surface area contributed by atoms with Gasteiger partial charge in [0.15, 0.2) is 0 Å². The Hall–Kier alpha value is -1.99. The number of nitrogens with zero attached hydrogens (tertiary/aromatic N) is 1. The standard InChI is InChI=1S/C16H17N3O3S/c20-14(18-10-3-2-8-17-9-10)12-13(23-15(21)19-12)11-4-1-5-16(22-11)6-7-16/h2-3,8-9,11H,1,4-7H2,(H,18,20)(H,19,21). The molecule has 2 aliphatic rings. The molecule has 120 valence electrons. The second kappa shape index (κ2) is 5.58. The van der Waals surface area contributed by atoms with Gasteiger partial charge in [0.25, 0.3) is 5.91 Å².